The average Bonchev–Trinajstić information content (AvgIpc) is 3.39. The number of amides is 2. The molecule has 0 radical (unpaired) electrons. The Labute approximate surface area is 256 Å². The van der Waals surface area contributed by atoms with E-state index in [9.17, 15) is 19.5 Å². The molecule has 0 aromatic heterocycles. The number of aliphatic hydroxyl groups is 1. The molecule has 7 nitrogen and oxygen atoms in total. The summed E-state index contributed by atoms with van der Waals surface area (Å²) in [7, 11) is -2.93. The van der Waals surface area contributed by atoms with Crippen molar-refractivity contribution < 1.29 is 24.2 Å². The Morgan fingerprint density at radius 1 is 1.07 bits per heavy atom. The first kappa shape index (κ1) is 29.3. The average molecular weight is 650 g/mol. The maximum absolute atomic E-state index is 14.5. The fraction of sp³-hybridized carbons (Fsp3) is 0.394. The minimum Gasteiger partial charge on any atom is -0.432 e. The summed E-state index contributed by atoms with van der Waals surface area (Å²) in [6.45, 7) is 6.39. The summed E-state index contributed by atoms with van der Waals surface area (Å²) in [5.41, 5.74) is 3.09. The summed E-state index contributed by atoms with van der Waals surface area (Å²) in [4.78, 5) is 43.6. The van der Waals surface area contributed by atoms with Crippen molar-refractivity contribution >= 4 is 41.7 Å². The van der Waals surface area contributed by atoms with Crippen LogP contribution in [0.3, 0.4) is 0 Å². The van der Waals surface area contributed by atoms with Crippen LogP contribution >= 0.6 is 15.9 Å². The number of ether oxygens (including phenoxy) is 1. The van der Waals surface area contributed by atoms with Gasteiger partial charge in [0.1, 0.15) is 0 Å². The number of anilines is 1. The van der Waals surface area contributed by atoms with E-state index in [1.54, 1.807) is 9.80 Å². The van der Waals surface area contributed by atoms with Crippen molar-refractivity contribution in [3.05, 3.63) is 99.5 Å². The van der Waals surface area contributed by atoms with E-state index < -0.39 is 20.0 Å². The van der Waals surface area contributed by atoms with Gasteiger partial charge in [0.15, 0.2) is 13.9 Å². The Morgan fingerprint density at radius 3 is 2.45 bits per heavy atom. The number of nitrogens with zero attached hydrogens (tertiary/aromatic N) is 2. The van der Waals surface area contributed by atoms with E-state index in [1.807, 2.05) is 92.8 Å². The second kappa shape index (κ2) is 11.0. The van der Waals surface area contributed by atoms with Gasteiger partial charge in [-0.3, -0.25) is 9.59 Å². The van der Waals surface area contributed by atoms with Crippen LogP contribution in [-0.4, -0.2) is 53.7 Å². The maximum Gasteiger partial charge on any atom is 0.264 e. The maximum atomic E-state index is 14.5. The van der Waals surface area contributed by atoms with Gasteiger partial charge in [0.2, 0.25) is 5.91 Å². The van der Waals surface area contributed by atoms with E-state index in [4.69, 9.17) is 4.74 Å². The molecule has 6 rings (SSSR count). The molecule has 2 amide bonds. The van der Waals surface area contributed by atoms with Gasteiger partial charge in [0.25, 0.3) is 5.91 Å². The third-order valence-electron chi connectivity index (χ3n) is 9.39. The van der Waals surface area contributed by atoms with Gasteiger partial charge in [-0.1, -0.05) is 77.5 Å². The molecule has 0 aliphatic carbocycles. The number of aliphatic hydroxyl groups excluding tert-OH is 1. The number of rotatable bonds is 6. The molecule has 3 aromatic carbocycles. The molecule has 3 aliphatic heterocycles. The molecule has 3 aromatic rings. The lowest BCUT2D eigenvalue weighted by atomic mass is 9.82. The van der Waals surface area contributed by atoms with Crippen LogP contribution in [0.1, 0.15) is 35.6 Å². The summed E-state index contributed by atoms with van der Waals surface area (Å²) in [5.74, 6) is -0.661. The molecule has 0 unspecified atom stereocenters. The molecule has 9 heteroatoms. The summed E-state index contributed by atoms with van der Waals surface area (Å²) in [5, 5.41) is 10.2. The van der Waals surface area contributed by atoms with Gasteiger partial charge in [0.05, 0.1) is 37.4 Å². The highest BCUT2D eigenvalue weighted by molar-refractivity contribution is 9.10. The van der Waals surface area contributed by atoms with Gasteiger partial charge in [-0.25, -0.2) is 0 Å². The van der Waals surface area contributed by atoms with Gasteiger partial charge in [-0.15, -0.1) is 0 Å². The smallest absolute Gasteiger partial charge is 0.264 e. The molecule has 3 heterocycles. The predicted molar refractivity (Wildman–Crippen MR) is 167 cm³/mol. The number of halogens is 1. The highest BCUT2D eigenvalue weighted by Crippen LogP contribution is 2.60. The van der Waals surface area contributed by atoms with Crippen molar-refractivity contribution in [2.24, 2.45) is 5.92 Å². The van der Waals surface area contributed by atoms with Crippen molar-refractivity contribution in [3.63, 3.8) is 0 Å². The minimum atomic E-state index is -2.93. The number of carbonyl (C=O) groups is 2. The number of carbonyl (C=O) groups excluding carboxylic acids is 2. The van der Waals surface area contributed by atoms with Crippen molar-refractivity contribution in [1.82, 2.24) is 4.90 Å². The van der Waals surface area contributed by atoms with Gasteiger partial charge >= 0.3 is 0 Å². The quantitative estimate of drug-likeness (QED) is 0.362. The molecule has 1 fully saturated rings. The molecular formula is C33H37BrN2O5Si. The molecule has 0 bridgehead atoms. The number of benzene rings is 3. The number of hydrogen-bond acceptors (Lipinski definition) is 5. The van der Waals surface area contributed by atoms with E-state index in [0.29, 0.717) is 19.5 Å². The monoisotopic (exact) mass is 648 g/mol. The summed E-state index contributed by atoms with van der Waals surface area (Å²) in [6, 6.07) is 23.4. The molecule has 220 valence electrons. The van der Waals surface area contributed by atoms with E-state index >= 15 is 0 Å². The van der Waals surface area contributed by atoms with Crippen molar-refractivity contribution in [3.8, 4) is 0 Å². The first-order valence-electron chi connectivity index (χ1n) is 14.6. The van der Waals surface area contributed by atoms with Crippen LogP contribution in [0.4, 0.5) is 5.69 Å². The summed E-state index contributed by atoms with van der Waals surface area (Å²) in [6.07, 6.45) is -0.0348. The van der Waals surface area contributed by atoms with Gasteiger partial charge in [-0.05, 0) is 54.4 Å². The van der Waals surface area contributed by atoms with Crippen LogP contribution < -0.4 is 4.90 Å². The summed E-state index contributed by atoms with van der Waals surface area (Å²) >= 11 is 3.60. The zero-order valence-electron chi connectivity index (χ0n) is 24.2. The highest BCUT2D eigenvalue weighted by atomic mass is 79.9. The van der Waals surface area contributed by atoms with Gasteiger partial charge in [0, 0.05) is 28.0 Å². The molecule has 2 N–H and O–H groups in total. The number of hydrogen-bond donors (Lipinski definition) is 2. The Bertz CT molecular complexity index is 1510. The third-order valence-corrected chi connectivity index (χ3v) is 12.4. The molecule has 5 atom stereocenters. The molecule has 1 spiro atoms. The molecule has 42 heavy (non-hydrogen) atoms. The fourth-order valence-corrected chi connectivity index (χ4v) is 10.4. The van der Waals surface area contributed by atoms with Gasteiger partial charge < -0.3 is 24.4 Å². The van der Waals surface area contributed by atoms with E-state index in [1.165, 1.54) is 0 Å². The lowest BCUT2D eigenvalue weighted by Gasteiger charge is -2.37. The normalized spacial score (nSPS) is 27.0. The van der Waals surface area contributed by atoms with Crippen LogP contribution in [0, 0.1) is 5.92 Å². The number of fused-ring (bicyclic) bond motifs is 3. The standard InChI is InChI=1S/C33H37BrN2O5Si/c1-21-31(42(2,3)40)29(17-30(38)35-19-24-12-8-7-11-23(24)15-26(35)20-37)41-33(21)27-16-25(34)13-14-28(27)36(32(33)39)18-22-9-5-4-6-10-22/h4-14,16,21,26,29,31,37,40H,15,17-20H2,1-3H3/t21-,26-,29+,31-,33+/m0/s1. The second-order valence-electron chi connectivity index (χ2n) is 12.4. The van der Waals surface area contributed by atoms with E-state index in [2.05, 4.69) is 15.9 Å². The van der Waals surface area contributed by atoms with E-state index in [0.717, 1.165) is 32.4 Å². The lowest BCUT2D eigenvalue weighted by molar-refractivity contribution is -0.151. The SMILES string of the molecule is C[C@H]1[C@H]([Si](C)(C)O)[C@@H](CC(=O)N2Cc3ccccc3C[C@H]2CO)O[C@]12C(=O)N(Cc1ccccc1)c1ccc(Br)cc12. The minimum absolute atomic E-state index is 0.0295. The van der Waals surface area contributed by atoms with Crippen LogP contribution in [0.25, 0.3) is 0 Å². The molecule has 3 aliphatic rings. The lowest BCUT2D eigenvalue weighted by Crippen LogP contribution is -2.48. The largest absolute Gasteiger partial charge is 0.432 e. The molecular weight excluding hydrogens is 612 g/mol. The van der Waals surface area contributed by atoms with Crippen LogP contribution in [0.2, 0.25) is 18.6 Å². The fourth-order valence-electron chi connectivity index (χ4n) is 7.50. The van der Waals surface area contributed by atoms with Crippen molar-refractivity contribution in [1.29, 1.82) is 0 Å². The molecule has 1 saturated heterocycles. The van der Waals surface area contributed by atoms with Crippen LogP contribution in [-0.2, 0) is 39.4 Å². The topological polar surface area (TPSA) is 90.3 Å². The Kier molecular flexibility index (Phi) is 7.68. The first-order chi connectivity index (χ1) is 20.0. The zero-order chi connectivity index (χ0) is 29.8. The van der Waals surface area contributed by atoms with E-state index in [-0.39, 0.29) is 42.3 Å². The Balaban J connectivity index is 1.36. The van der Waals surface area contributed by atoms with Crippen molar-refractivity contribution in [2.75, 3.05) is 11.5 Å². The van der Waals surface area contributed by atoms with Gasteiger partial charge in [-0.2, -0.15) is 0 Å². The highest BCUT2D eigenvalue weighted by Gasteiger charge is 2.66. The Hall–Kier alpha value is -2.82. The predicted octanol–water partition coefficient (Wildman–Crippen LogP) is 5.13. The first-order valence-corrected chi connectivity index (χ1v) is 18.4. The zero-order valence-corrected chi connectivity index (χ0v) is 26.8. The molecule has 0 saturated carbocycles. The van der Waals surface area contributed by atoms with Crippen molar-refractivity contribution in [2.45, 2.75) is 69.2 Å². The van der Waals surface area contributed by atoms with Crippen LogP contribution in [0.5, 0.6) is 0 Å². The second-order valence-corrected chi connectivity index (χ2v) is 17.3. The summed E-state index contributed by atoms with van der Waals surface area (Å²) < 4.78 is 7.71. The van der Waals surface area contributed by atoms with Crippen LogP contribution in [0.15, 0.2) is 77.3 Å². The Morgan fingerprint density at radius 2 is 1.76 bits per heavy atom. The third kappa shape index (κ3) is 4.85.